The number of hydrogen-bond acceptors (Lipinski definition) is 4. The van der Waals surface area contributed by atoms with E-state index in [9.17, 15) is 9.59 Å². The topological polar surface area (TPSA) is 74.8 Å². The Labute approximate surface area is 207 Å². The molecule has 0 amide bonds. The van der Waals surface area contributed by atoms with Gasteiger partial charge < -0.3 is 5.32 Å². The third kappa shape index (κ3) is 2.86. The second-order valence-corrected chi connectivity index (χ2v) is 9.30. The van der Waals surface area contributed by atoms with Crippen molar-refractivity contribution in [1.82, 2.24) is 10.2 Å². The molecule has 7 rings (SSSR count). The van der Waals surface area contributed by atoms with Crippen LogP contribution in [0.15, 0.2) is 96.2 Å². The molecule has 4 aromatic carbocycles. The maximum Gasteiger partial charge on any atom is 0.210 e. The summed E-state index contributed by atoms with van der Waals surface area (Å²) < 4.78 is 0. The minimum atomic E-state index is -0.419. The average molecular weight is 468 g/mol. The molecule has 1 aromatic heterocycles. The predicted molar refractivity (Wildman–Crippen MR) is 142 cm³/mol. The number of carbonyl (C=O) groups is 2. The second-order valence-electron chi connectivity index (χ2n) is 9.30. The summed E-state index contributed by atoms with van der Waals surface area (Å²) in [5.74, 6) is -0.140. The number of aryl methyl sites for hydroxylation is 1. The molecule has 0 fully saturated rings. The normalized spacial score (nSPS) is 16.9. The summed E-state index contributed by atoms with van der Waals surface area (Å²) in [7, 11) is 0. The Kier molecular flexibility index (Phi) is 4.36. The number of ketones is 2. The molecule has 1 aliphatic heterocycles. The summed E-state index contributed by atoms with van der Waals surface area (Å²) in [5, 5.41) is 15.2. The molecule has 0 saturated carbocycles. The van der Waals surface area contributed by atoms with Crippen molar-refractivity contribution in [3.8, 4) is 0 Å². The van der Waals surface area contributed by atoms with Gasteiger partial charge in [-0.05, 0) is 40.1 Å². The molecular weight excluding hydrogens is 446 g/mol. The van der Waals surface area contributed by atoms with Gasteiger partial charge in [-0.25, -0.2) is 0 Å². The van der Waals surface area contributed by atoms with E-state index in [1.165, 1.54) is 0 Å². The fourth-order valence-electron chi connectivity index (χ4n) is 5.61. The molecule has 5 heteroatoms. The van der Waals surface area contributed by atoms with Gasteiger partial charge in [-0.15, -0.1) is 0 Å². The zero-order valence-corrected chi connectivity index (χ0v) is 19.5. The summed E-state index contributed by atoms with van der Waals surface area (Å²) in [4.78, 5) is 27.2. The quantitative estimate of drug-likeness (QED) is 0.288. The van der Waals surface area contributed by atoms with Gasteiger partial charge in [0.05, 0.1) is 5.70 Å². The molecule has 5 nitrogen and oxygen atoms in total. The number of anilines is 1. The van der Waals surface area contributed by atoms with Crippen LogP contribution in [0.3, 0.4) is 0 Å². The van der Waals surface area contributed by atoms with E-state index >= 15 is 0 Å². The van der Waals surface area contributed by atoms with E-state index in [1.807, 2.05) is 37.3 Å². The molecule has 172 valence electrons. The van der Waals surface area contributed by atoms with Crippen LogP contribution in [0.5, 0.6) is 0 Å². The van der Waals surface area contributed by atoms with E-state index < -0.39 is 5.92 Å². The highest BCUT2D eigenvalue weighted by atomic mass is 16.1. The van der Waals surface area contributed by atoms with Crippen LogP contribution in [0, 0.1) is 6.92 Å². The SMILES string of the molecule is Cc1[nH]nc2c1C(/C=C/c1c3ccccc3cc3ccccc13)C1=C(N2)C(=O)c2ccccc2C1=O. The van der Waals surface area contributed by atoms with Crippen molar-refractivity contribution in [3.63, 3.8) is 0 Å². The van der Waals surface area contributed by atoms with Crippen molar-refractivity contribution < 1.29 is 9.59 Å². The number of fused-ring (bicyclic) bond motifs is 4. The molecule has 2 aliphatic rings. The molecule has 0 bridgehead atoms. The number of carbonyl (C=O) groups excluding carboxylic acids is 2. The molecule has 1 unspecified atom stereocenters. The summed E-state index contributed by atoms with van der Waals surface area (Å²) in [6, 6.07) is 25.9. The summed E-state index contributed by atoms with van der Waals surface area (Å²) in [6.45, 7) is 1.94. The molecule has 2 N–H and O–H groups in total. The minimum absolute atomic E-state index is 0.128. The van der Waals surface area contributed by atoms with Crippen molar-refractivity contribution in [2.24, 2.45) is 0 Å². The lowest BCUT2D eigenvalue weighted by atomic mass is 9.76. The number of allylic oxidation sites excluding steroid dienone is 3. The van der Waals surface area contributed by atoms with Crippen LogP contribution >= 0.6 is 0 Å². The maximum atomic E-state index is 13.8. The first-order valence-electron chi connectivity index (χ1n) is 11.9. The molecule has 5 aromatic rings. The first-order chi connectivity index (χ1) is 17.6. The van der Waals surface area contributed by atoms with Gasteiger partial charge in [-0.3, -0.25) is 14.7 Å². The van der Waals surface area contributed by atoms with Crippen molar-refractivity contribution in [3.05, 3.63) is 124 Å². The number of rotatable bonds is 2. The van der Waals surface area contributed by atoms with Gasteiger partial charge >= 0.3 is 0 Å². The molecule has 2 heterocycles. The summed E-state index contributed by atoms with van der Waals surface area (Å²) >= 11 is 0. The number of nitrogens with zero attached hydrogens (tertiary/aromatic N) is 1. The fraction of sp³-hybridized carbons (Fsp3) is 0.0645. The number of nitrogens with one attached hydrogen (secondary N) is 2. The van der Waals surface area contributed by atoms with E-state index in [4.69, 9.17) is 0 Å². The number of Topliss-reactive ketones (excluding diaryl/α,β-unsaturated/α-hetero) is 2. The van der Waals surface area contributed by atoms with Gasteiger partial charge in [0.25, 0.3) is 0 Å². The van der Waals surface area contributed by atoms with Crippen molar-refractivity contribution in [2.45, 2.75) is 12.8 Å². The van der Waals surface area contributed by atoms with Crippen LogP contribution in [-0.4, -0.2) is 21.8 Å². The third-order valence-corrected chi connectivity index (χ3v) is 7.29. The van der Waals surface area contributed by atoms with E-state index in [1.54, 1.807) is 24.3 Å². The van der Waals surface area contributed by atoms with Crippen LogP contribution in [0.4, 0.5) is 5.82 Å². The van der Waals surface area contributed by atoms with Crippen LogP contribution in [0.2, 0.25) is 0 Å². The van der Waals surface area contributed by atoms with Crippen molar-refractivity contribution >= 4 is 45.0 Å². The maximum absolute atomic E-state index is 13.8. The summed E-state index contributed by atoms with van der Waals surface area (Å²) in [6.07, 6.45) is 4.14. The minimum Gasteiger partial charge on any atom is -0.335 e. The van der Waals surface area contributed by atoms with Gasteiger partial charge in [0.15, 0.2) is 11.6 Å². The van der Waals surface area contributed by atoms with Crippen LogP contribution in [0.1, 0.15) is 43.5 Å². The lowest BCUT2D eigenvalue weighted by Gasteiger charge is -2.30. The standard InChI is InChI=1S/C31H21N3O2/c1-17-26-25(15-14-22-20-10-4-2-8-18(20)16-19-9-3-5-11-21(19)22)27-28(32-31(26)34-33-17)30(36)24-13-7-6-12-23(24)29(27)35/h2-16,25H,1H3,(H2,32,33,34)/b15-14+. The Morgan fingerprint density at radius 2 is 1.42 bits per heavy atom. The Bertz CT molecular complexity index is 1770. The monoisotopic (exact) mass is 467 g/mol. The molecule has 0 saturated heterocycles. The van der Waals surface area contributed by atoms with Gasteiger partial charge in [0, 0.05) is 33.9 Å². The largest absolute Gasteiger partial charge is 0.335 e. The number of hydrogen-bond donors (Lipinski definition) is 2. The Balaban J connectivity index is 1.46. The van der Waals surface area contributed by atoms with Gasteiger partial charge in [-0.2, -0.15) is 5.10 Å². The van der Waals surface area contributed by atoms with Crippen LogP contribution < -0.4 is 5.32 Å². The van der Waals surface area contributed by atoms with Gasteiger partial charge in [0.2, 0.25) is 5.78 Å². The lowest BCUT2D eigenvalue weighted by molar-refractivity contribution is 0.0971. The smallest absolute Gasteiger partial charge is 0.210 e. The van der Waals surface area contributed by atoms with Gasteiger partial charge in [-0.1, -0.05) is 84.9 Å². The Hall–Kier alpha value is -4.77. The van der Waals surface area contributed by atoms with Crippen LogP contribution in [-0.2, 0) is 0 Å². The van der Waals surface area contributed by atoms with Crippen molar-refractivity contribution in [1.29, 1.82) is 0 Å². The van der Waals surface area contributed by atoms with Crippen LogP contribution in [0.25, 0.3) is 27.6 Å². The summed E-state index contributed by atoms with van der Waals surface area (Å²) in [5.41, 5.74) is 4.48. The first-order valence-corrected chi connectivity index (χ1v) is 11.9. The highest BCUT2D eigenvalue weighted by Gasteiger charge is 2.41. The molecule has 1 aliphatic carbocycles. The van der Waals surface area contributed by atoms with Gasteiger partial charge in [0.1, 0.15) is 0 Å². The zero-order valence-electron chi connectivity index (χ0n) is 19.5. The first kappa shape index (κ1) is 20.6. The second kappa shape index (κ2) is 7.62. The molecule has 0 radical (unpaired) electrons. The molecule has 36 heavy (non-hydrogen) atoms. The molecule has 1 atom stereocenters. The number of aromatic amines is 1. The Morgan fingerprint density at radius 3 is 2.11 bits per heavy atom. The third-order valence-electron chi connectivity index (χ3n) is 7.29. The average Bonchev–Trinajstić information content (AvgIpc) is 3.29. The van der Waals surface area contributed by atoms with E-state index in [-0.39, 0.29) is 11.6 Å². The number of benzene rings is 4. The molecular formula is C31H21N3O2. The fourth-order valence-corrected chi connectivity index (χ4v) is 5.61. The zero-order chi connectivity index (χ0) is 24.4. The number of aromatic nitrogens is 2. The van der Waals surface area contributed by atoms with Crippen molar-refractivity contribution in [2.75, 3.05) is 5.32 Å². The Morgan fingerprint density at radius 1 is 0.806 bits per heavy atom. The molecule has 0 spiro atoms. The van der Waals surface area contributed by atoms with E-state index in [0.29, 0.717) is 28.2 Å². The van der Waals surface area contributed by atoms with E-state index in [2.05, 4.69) is 51.9 Å². The van der Waals surface area contributed by atoms with E-state index in [0.717, 1.165) is 38.4 Å². The lowest BCUT2D eigenvalue weighted by Crippen LogP contribution is -2.31. The highest BCUT2D eigenvalue weighted by Crippen LogP contribution is 2.44. The predicted octanol–water partition coefficient (Wildman–Crippen LogP) is 6.58. The highest BCUT2D eigenvalue weighted by molar-refractivity contribution is 6.29. The number of H-pyrrole nitrogens is 1.